The summed E-state index contributed by atoms with van der Waals surface area (Å²) in [5.41, 5.74) is 8.69. The summed E-state index contributed by atoms with van der Waals surface area (Å²) in [5, 5.41) is 87.7. The van der Waals surface area contributed by atoms with E-state index in [1.165, 1.54) is 26.4 Å². The zero-order valence-electron chi connectivity index (χ0n) is 58.8. The molecule has 0 aliphatic heterocycles. The van der Waals surface area contributed by atoms with Crippen molar-refractivity contribution in [3.05, 3.63) is 174 Å². The van der Waals surface area contributed by atoms with Crippen LogP contribution >= 0.6 is 0 Å². The average Bonchev–Trinajstić information content (AvgIpc) is 1.05. The van der Waals surface area contributed by atoms with E-state index < -0.39 is 194 Å². The number of nitrogens with two attached hydrogens (primary N) is 1. The molecule has 5 aromatic carbocycles. The van der Waals surface area contributed by atoms with Gasteiger partial charge in [0.1, 0.15) is 59.9 Å². The molecule has 0 radical (unpaired) electrons. The lowest BCUT2D eigenvalue weighted by atomic mass is 9.98. The number of benzene rings is 5. The van der Waals surface area contributed by atoms with Crippen molar-refractivity contribution in [1.82, 2.24) is 68.5 Å². The number of H-pyrrole nitrogens is 1. The van der Waals surface area contributed by atoms with E-state index in [2.05, 4.69) is 68.5 Å². The molecule has 0 unspecified atom stereocenters. The van der Waals surface area contributed by atoms with Gasteiger partial charge >= 0.3 is 17.9 Å². The number of aliphatic hydroxyl groups excluding tert-OH is 3. The molecule has 0 saturated heterocycles. The predicted octanol–water partition coefficient (Wildman–Crippen LogP) is -2.47. The van der Waals surface area contributed by atoms with E-state index >= 15 is 0 Å². The summed E-state index contributed by atoms with van der Waals surface area (Å²) < 4.78 is 0. The summed E-state index contributed by atoms with van der Waals surface area (Å²) in [7, 11) is 0. The van der Waals surface area contributed by atoms with E-state index in [0.29, 0.717) is 22.4 Å². The molecule has 1 aromatic heterocycles. The number of amides is 11. The van der Waals surface area contributed by atoms with Crippen molar-refractivity contribution in [3.63, 3.8) is 0 Å². The van der Waals surface area contributed by atoms with Gasteiger partial charge in [-0.15, -0.1) is 0 Å². The first-order valence-electron chi connectivity index (χ1n) is 33.8. The van der Waals surface area contributed by atoms with Gasteiger partial charge in [-0.05, 0) is 73.1 Å². The number of nitrogens with zero attached hydrogens (tertiary/aromatic N) is 1. The number of carbonyl (C=O) groups excluding carboxylic acids is 11. The van der Waals surface area contributed by atoms with Crippen LogP contribution in [0.4, 0.5) is 0 Å². The Hall–Kier alpha value is -12.3. The zero-order valence-corrected chi connectivity index (χ0v) is 58.8. The second kappa shape index (κ2) is 40.7. The fourth-order valence-corrected chi connectivity index (χ4v) is 10.8. The maximum atomic E-state index is 14.3. The van der Waals surface area contributed by atoms with Gasteiger partial charge in [-0.25, -0.2) is 9.78 Å². The molecule has 0 fully saturated rings. The maximum Gasteiger partial charge on any atom is 0.326 e. The van der Waals surface area contributed by atoms with Crippen molar-refractivity contribution in [2.24, 2.45) is 5.73 Å². The van der Waals surface area contributed by atoms with E-state index in [4.69, 9.17) is 5.73 Å². The number of rotatable bonds is 41. The lowest BCUT2D eigenvalue weighted by Gasteiger charge is -2.30. The van der Waals surface area contributed by atoms with Crippen LogP contribution in [0.25, 0.3) is 22.3 Å². The Morgan fingerprint density at radius 1 is 0.449 bits per heavy atom. The Morgan fingerprint density at radius 3 is 1.36 bits per heavy atom. The second-order valence-electron chi connectivity index (χ2n) is 25.5. The Kier molecular flexibility index (Phi) is 31.8. The number of aromatic nitrogens is 2. The molecule has 107 heavy (non-hydrogen) atoms. The van der Waals surface area contributed by atoms with Crippen LogP contribution in [-0.4, -0.2) is 215 Å². The highest BCUT2D eigenvalue weighted by Crippen LogP contribution is 2.22. The molecule has 0 saturated carbocycles. The summed E-state index contributed by atoms with van der Waals surface area (Å²) in [6.45, 7) is 1.90. The van der Waals surface area contributed by atoms with Gasteiger partial charge < -0.3 is 99.8 Å². The molecule has 11 atom stereocenters. The minimum absolute atomic E-state index is 0.134. The smallest absolute Gasteiger partial charge is 0.326 e. The Bertz CT molecular complexity index is 4060. The van der Waals surface area contributed by atoms with Gasteiger partial charge in [0, 0.05) is 38.3 Å². The quantitative estimate of drug-likeness (QED) is 0.0189. The molecule has 570 valence electrons. The Labute approximate surface area is 613 Å². The summed E-state index contributed by atoms with van der Waals surface area (Å²) in [4.78, 5) is 195. The number of aliphatic carboxylic acids is 3. The minimum atomic E-state index is -2.07. The second-order valence-corrected chi connectivity index (χ2v) is 25.5. The highest BCUT2D eigenvalue weighted by atomic mass is 16.4. The molecular formula is C73H88N14O20. The van der Waals surface area contributed by atoms with Crippen LogP contribution in [0.2, 0.25) is 0 Å². The molecule has 20 N–H and O–H groups in total. The molecule has 0 aliphatic rings. The van der Waals surface area contributed by atoms with Crippen LogP contribution in [0, 0.1) is 0 Å². The molecule has 0 bridgehead atoms. The number of aliphatic hydroxyl groups is 3. The van der Waals surface area contributed by atoms with Crippen LogP contribution in [0.1, 0.15) is 69.3 Å². The van der Waals surface area contributed by atoms with Crippen molar-refractivity contribution in [1.29, 1.82) is 0 Å². The average molecular weight is 1480 g/mol. The van der Waals surface area contributed by atoms with E-state index in [1.54, 1.807) is 78.9 Å². The Balaban J connectivity index is 1.13. The van der Waals surface area contributed by atoms with Crippen LogP contribution in [-0.2, 0) is 92.8 Å². The van der Waals surface area contributed by atoms with Crippen LogP contribution < -0.4 is 64.2 Å². The number of imidazole rings is 1. The van der Waals surface area contributed by atoms with E-state index in [0.717, 1.165) is 36.1 Å². The number of nitrogens with one attached hydrogen (secondary N) is 12. The molecule has 6 rings (SSSR count). The number of carbonyl (C=O) groups is 14. The number of carboxylic acids is 3. The first kappa shape index (κ1) is 83.7. The summed E-state index contributed by atoms with van der Waals surface area (Å²) in [5.74, 6) is -16.8. The third kappa shape index (κ3) is 26.7. The number of aromatic amines is 1. The van der Waals surface area contributed by atoms with Gasteiger partial charge in [0.05, 0.1) is 50.3 Å². The third-order valence-corrected chi connectivity index (χ3v) is 16.6. The molecule has 1 heterocycles. The van der Waals surface area contributed by atoms with Crippen molar-refractivity contribution in [3.8, 4) is 22.3 Å². The number of hydrogen-bond acceptors (Lipinski definition) is 19. The highest BCUT2D eigenvalue weighted by Gasteiger charge is 2.39. The molecule has 34 heteroatoms. The molecule has 0 aliphatic carbocycles. The van der Waals surface area contributed by atoms with Crippen molar-refractivity contribution >= 4 is 82.9 Å². The van der Waals surface area contributed by atoms with Gasteiger partial charge in [-0.3, -0.25) is 62.3 Å². The zero-order chi connectivity index (χ0) is 78.5. The van der Waals surface area contributed by atoms with Crippen LogP contribution in [0.3, 0.4) is 0 Å². The lowest BCUT2D eigenvalue weighted by Crippen LogP contribution is -2.63. The van der Waals surface area contributed by atoms with Crippen molar-refractivity contribution < 1.29 is 97.8 Å². The number of hydrogen-bond donors (Lipinski definition) is 19. The van der Waals surface area contributed by atoms with Gasteiger partial charge in [0.15, 0.2) is 0 Å². The van der Waals surface area contributed by atoms with Crippen LogP contribution in [0.15, 0.2) is 152 Å². The minimum Gasteiger partial charge on any atom is -0.481 e. The summed E-state index contributed by atoms with van der Waals surface area (Å²) in [6.07, 6.45) is -4.20. The predicted molar refractivity (Wildman–Crippen MR) is 382 cm³/mol. The van der Waals surface area contributed by atoms with Gasteiger partial charge in [0.2, 0.25) is 65.0 Å². The topological polar surface area (TPSA) is 547 Å². The standard InChI is InChI=1S/C73H88N14O20/c1-40(89)61(85-58(92)37-76-63(97)50(28-29-59(93)94)84-72(107)73(3,4)87-68(102)53(78-57(91)35-74)33-49-36-75-39-77-49)69(103)81-52(30-42-14-8-5-9-15-42)66(100)86-62(41(2)90)70(104)83-56(38-88)67(101)80-54(34-60(95)96)65(99)79-51(31-43-20-24-47(25-21-43)45-16-10-6-11-17-45)64(98)82-55(71(105)106)32-44-22-26-48(27-23-44)46-18-12-7-13-19-46/h5-27,36,39-41,50-56,61-62,88-90H,28-35,37-38,74H2,1-4H3,(H,75,77)(H,76,97)(H,78,91)(H,79,99)(H,80,101)(H,81,103)(H,82,98)(H,83,104)(H,84,107)(H,85,92)(H,86,100)(H,87,102)(H,93,94)(H,95,96)(H,105,106)/t40-,41-,50+,51+,52+,53+,54+,55+,56+,61+,62+/m1/s1. The monoisotopic (exact) mass is 1480 g/mol. The molecule has 11 amide bonds. The molecular weight excluding hydrogens is 1390 g/mol. The SMILES string of the molecule is C[C@@H](O)[C@H](NC(=O)CNC(=O)[C@H](CCC(=O)O)NC(=O)C(C)(C)NC(=O)[C@H](Cc1c[nH]cn1)NC(=O)CN)C(=O)N[C@@H](Cc1ccccc1)C(=O)N[C@H](C(=O)N[C@@H](CO)C(=O)N[C@@H](CC(=O)O)C(=O)N[C@@H](Cc1ccc(-c2ccccc2)cc1)C(=O)N[C@@H](Cc1ccc(-c2ccccc2)cc1)C(=O)O)[C@@H](C)O. The molecule has 34 nitrogen and oxygen atoms in total. The normalized spacial score (nSPS) is 14.2. The largest absolute Gasteiger partial charge is 0.481 e. The van der Waals surface area contributed by atoms with Gasteiger partial charge in [-0.2, -0.15) is 0 Å². The van der Waals surface area contributed by atoms with Gasteiger partial charge in [0.25, 0.3) is 0 Å². The van der Waals surface area contributed by atoms with Crippen LogP contribution in [0.5, 0.6) is 0 Å². The molecule has 0 spiro atoms. The fraction of sp³-hybridized carbons (Fsp3) is 0.356. The fourth-order valence-electron chi connectivity index (χ4n) is 10.8. The van der Waals surface area contributed by atoms with Gasteiger partial charge in [-0.1, -0.05) is 140 Å². The number of carboxylic acid groups (broad SMARTS) is 3. The van der Waals surface area contributed by atoms with E-state index in [1.807, 2.05) is 60.7 Å². The van der Waals surface area contributed by atoms with E-state index in [-0.39, 0.29) is 25.7 Å². The summed E-state index contributed by atoms with van der Waals surface area (Å²) in [6, 6.07) is 24.2. The molecule has 6 aromatic rings. The first-order chi connectivity index (χ1) is 50.8. The summed E-state index contributed by atoms with van der Waals surface area (Å²) >= 11 is 0. The highest BCUT2D eigenvalue weighted by molar-refractivity contribution is 6.00. The lowest BCUT2D eigenvalue weighted by molar-refractivity contribution is -0.143. The van der Waals surface area contributed by atoms with Crippen molar-refractivity contribution in [2.75, 3.05) is 19.7 Å². The van der Waals surface area contributed by atoms with Crippen molar-refractivity contribution in [2.45, 2.75) is 145 Å². The first-order valence-corrected chi connectivity index (χ1v) is 33.8. The van der Waals surface area contributed by atoms with E-state index in [9.17, 15) is 97.8 Å². The Morgan fingerprint density at radius 2 is 0.879 bits per heavy atom. The third-order valence-electron chi connectivity index (χ3n) is 16.6. The maximum absolute atomic E-state index is 14.3.